The lowest BCUT2D eigenvalue weighted by molar-refractivity contribution is 0.573. The van der Waals surface area contributed by atoms with Gasteiger partial charge >= 0.3 is 0 Å². The van der Waals surface area contributed by atoms with E-state index < -0.39 is 0 Å². The molecule has 100 valence electrons. The highest BCUT2D eigenvalue weighted by atomic mass is 14.9. The Morgan fingerprint density at radius 1 is 1.37 bits per heavy atom. The van der Waals surface area contributed by atoms with Crippen LogP contribution in [-0.2, 0) is 0 Å². The molecule has 0 amide bonds. The van der Waals surface area contributed by atoms with Gasteiger partial charge in [0.05, 0.1) is 5.52 Å². The lowest BCUT2D eigenvalue weighted by Crippen LogP contribution is -2.08. The Labute approximate surface area is 114 Å². The van der Waals surface area contributed by atoms with E-state index in [9.17, 15) is 0 Å². The molecule has 2 aromatic rings. The van der Waals surface area contributed by atoms with Crippen molar-refractivity contribution in [1.82, 2.24) is 4.98 Å². The number of rotatable bonds is 3. The molecule has 3 nitrogen and oxygen atoms in total. The van der Waals surface area contributed by atoms with E-state index in [1.807, 2.05) is 25.1 Å². The Balaban J connectivity index is 1.91. The predicted molar refractivity (Wildman–Crippen MR) is 81.3 cm³/mol. The first kappa shape index (κ1) is 12.3. The third-order valence-electron chi connectivity index (χ3n) is 4.22. The summed E-state index contributed by atoms with van der Waals surface area (Å²) in [6, 6.07) is 8.01. The van der Waals surface area contributed by atoms with Crippen LogP contribution in [0.2, 0.25) is 0 Å². The van der Waals surface area contributed by atoms with E-state index in [-0.39, 0.29) is 0 Å². The molecule has 3 N–H and O–H groups in total. The molecule has 0 bridgehead atoms. The summed E-state index contributed by atoms with van der Waals surface area (Å²) in [5, 5.41) is 4.69. The second-order valence-electron chi connectivity index (χ2n) is 6.36. The van der Waals surface area contributed by atoms with Gasteiger partial charge in [-0.2, -0.15) is 0 Å². The number of nitrogen functional groups attached to an aromatic ring is 1. The summed E-state index contributed by atoms with van der Waals surface area (Å²) in [5.74, 6) is 0.775. The first-order valence-electron chi connectivity index (χ1n) is 6.86. The largest absolute Gasteiger partial charge is 0.399 e. The number of benzene rings is 1. The SMILES string of the molecule is Cc1cc(NCC2CC2(C)C)c2cc(N)ccc2n1. The highest BCUT2D eigenvalue weighted by molar-refractivity contribution is 5.93. The van der Waals surface area contributed by atoms with Crippen LogP contribution < -0.4 is 11.1 Å². The summed E-state index contributed by atoms with van der Waals surface area (Å²) in [4.78, 5) is 4.55. The van der Waals surface area contributed by atoms with Gasteiger partial charge in [-0.3, -0.25) is 4.98 Å². The van der Waals surface area contributed by atoms with Gasteiger partial charge in [-0.25, -0.2) is 0 Å². The maximum Gasteiger partial charge on any atom is 0.0727 e. The summed E-state index contributed by atoms with van der Waals surface area (Å²) < 4.78 is 0. The Bertz CT molecular complexity index is 631. The number of pyridine rings is 1. The van der Waals surface area contributed by atoms with Crippen molar-refractivity contribution in [2.24, 2.45) is 11.3 Å². The number of aromatic nitrogens is 1. The lowest BCUT2D eigenvalue weighted by atomic mass is 10.1. The highest BCUT2D eigenvalue weighted by Gasteiger charge is 2.44. The second kappa shape index (κ2) is 4.12. The Kier molecular flexibility index (Phi) is 2.66. The molecular formula is C16H21N3. The fourth-order valence-corrected chi connectivity index (χ4v) is 2.68. The fraction of sp³-hybridized carbons (Fsp3) is 0.438. The topological polar surface area (TPSA) is 50.9 Å². The average Bonchev–Trinajstić information content (AvgIpc) is 2.95. The van der Waals surface area contributed by atoms with Gasteiger partial charge in [0.1, 0.15) is 0 Å². The summed E-state index contributed by atoms with van der Waals surface area (Å²) in [6.07, 6.45) is 1.31. The maximum atomic E-state index is 5.89. The van der Waals surface area contributed by atoms with Crippen LogP contribution in [0.15, 0.2) is 24.3 Å². The van der Waals surface area contributed by atoms with Gasteiger partial charge in [0.25, 0.3) is 0 Å². The van der Waals surface area contributed by atoms with Crippen molar-refractivity contribution in [2.45, 2.75) is 27.2 Å². The van der Waals surface area contributed by atoms with Gasteiger partial charge in [0, 0.05) is 29.0 Å². The molecular weight excluding hydrogens is 234 g/mol. The van der Waals surface area contributed by atoms with E-state index in [2.05, 4.69) is 30.2 Å². The van der Waals surface area contributed by atoms with Gasteiger partial charge in [-0.1, -0.05) is 13.8 Å². The second-order valence-corrected chi connectivity index (χ2v) is 6.36. The minimum absolute atomic E-state index is 0.504. The quantitative estimate of drug-likeness (QED) is 0.824. The molecule has 0 aliphatic heterocycles. The van der Waals surface area contributed by atoms with Gasteiger partial charge < -0.3 is 11.1 Å². The maximum absolute atomic E-state index is 5.89. The minimum atomic E-state index is 0.504. The highest BCUT2D eigenvalue weighted by Crippen LogP contribution is 2.51. The van der Waals surface area contributed by atoms with Gasteiger partial charge in [-0.05, 0) is 48.9 Å². The van der Waals surface area contributed by atoms with Gasteiger partial charge in [0.15, 0.2) is 0 Å². The molecule has 1 aliphatic carbocycles. The third-order valence-corrected chi connectivity index (χ3v) is 4.22. The normalized spacial score (nSPS) is 20.5. The molecule has 1 aromatic carbocycles. The molecule has 1 aromatic heterocycles. The van der Waals surface area contributed by atoms with E-state index in [0.29, 0.717) is 5.41 Å². The van der Waals surface area contributed by atoms with Crippen molar-refractivity contribution in [3.63, 3.8) is 0 Å². The summed E-state index contributed by atoms with van der Waals surface area (Å²) in [5.41, 5.74) is 10.4. The van der Waals surface area contributed by atoms with Crippen molar-refractivity contribution in [3.8, 4) is 0 Å². The fourth-order valence-electron chi connectivity index (χ4n) is 2.68. The van der Waals surface area contributed by atoms with E-state index in [0.717, 1.165) is 40.4 Å². The summed E-state index contributed by atoms with van der Waals surface area (Å²) in [7, 11) is 0. The van der Waals surface area contributed by atoms with Crippen LogP contribution >= 0.6 is 0 Å². The van der Waals surface area contributed by atoms with Crippen molar-refractivity contribution in [3.05, 3.63) is 30.0 Å². The predicted octanol–water partition coefficient (Wildman–Crippen LogP) is 3.58. The standard InChI is InChI=1S/C16H21N3/c1-10-6-15(18-9-11-8-16(11,2)3)13-7-12(17)4-5-14(13)19-10/h4-7,11H,8-9,17H2,1-3H3,(H,18,19). The number of hydrogen-bond acceptors (Lipinski definition) is 3. The lowest BCUT2D eigenvalue weighted by Gasteiger charge is -2.12. The molecule has 19 heavy (non-hydrogen) atoms. The smallest absolute Gasteiger partial charge is 0.0727 e. The molecule has 1 heterocycles. The molecule has 1 atom stereocenters. The molecule has 3 rings (SSSR count). The van der Waals surface area contributed by atoms with Crippen molar-refractivity contribution < 1.29 is 0 Å². The number of anilines is 2. The number of nitrogens with zero attached hydrogens (tertiary/aromatic N) is 1. The van der Waals surface area contributed by atoms with Crippen LogP contribution in [0.25, 0.3) is 10.9 Å². The Morgan fingerprint density at radius 3 is 2.79 bits per heavy atom. The van der Waals surface area contributed by atoms with Crippen molar-refractivity contribution >= 4 is 22.3 Å². The molecule has 1 saturated carbocycles. The molecule has 0 spiro atoms. The average molecular weight is 255 g/mol. The number of nitrogens with one attached hydrogen (secondary N) is 1. The molecule has 1 unspecified atom stereocenters. The zero-order valence-electron chi connectivity index (χ0n) is 11.8. The number of hydrogen-bond donors (Lipinski definition) is 2. The van der Waals surface area contributed by atoms with E-state index in [4.69, 9.17) is 5.73 Å². The third kappa shape index (κ3) is 2.37. The van der Waals surface area contributed by atoms with E-state index in [1.54, 1.807) is 0 Å². The van der Waals surface area contributed by atoms with Gasteiger partial charge in [0.2, 0.25) is 0 Å². The zero-order chi connectivity index (χ0) is 13.6. The monoisotopic (exact) mass is 255 g/mol. The summed E-state index contributed by atoms with van der Waals surface area (Å²) >= 11 is 0. The summed E-state index contributed by atoms with van der Waals surface area (Å²) in [6.45, 7) is 7.71. The van der Waals surface area contributed by atoms with Crippen LogP contribution in [0.1, 0.15) is 26.0 Å². The Hall–Kier alpha value is -1.77. The van der Waals surface area contributed by atoms with Crippen LogP contribution in [0.5, 0.6) is 0 Å². The molecule has 0 radical (unpaired) electrons. The first-order valence-corrected chi connectivity index (χ1v) is 6.86. The number of aryl methyl sites for hydroxylation is 1. The molecule has 1 fully saturated rings. The number of fused-ring (bicyclic) bond motifs is 1. The molecule has 0 saturated heterocycles. The number of nitrogens with two attached hydrogens (primary N) is 1. The first-order chi connectivity index (χ1) is 8.95. The van der Waals surface area contributed by atoms with Gasteiger partial charge in [-0.15, -0.1) is 0 Å². The van der Waals surface area contributed by atoms with Crippen LogP contribution in [-0.4, -0.2) is 11.5 Å². The van der Waals surface area contributed by atoms with E-state index in [1.165, 1.54) is 6.42 Å². The van der Waals surface area contributed by atoms with Crippen LogP contribution in [0.3, 0.4) is 0 Å². The minimum Gasteiger partial charge on any atom is -0.399 e. The van der Waals surface area contributed by atoms with Crippen molar-refractivity contribution in [1.29, 1.82) is 0 Å². The van der Waals surface area contributed by atoms with Crippen LogP contribution in [0.4, 0.5) is 11.4 Å². The zero-order valence-corrected chi connectivity index (χ0v) is 11.8. The molecule has 1 aliphatic rings. The van der Waals surface area contributed by atoms with Crippen molar-refractivity contribution in [2.75, 3.05) is 17.6 Å². The van der Waals surface area contributed by atoms with E-state index >= 15 is 0 Å². The Morgan fingerprint density at radius 2 is 2.11 bits per heavy atom. The molecule has 3 heteroatoms. The van der Waals surface area contributed by atoms with Crippen LogP contribution in [0, 0.1) is 18.3 Å².